The summed E-state index contributed by atoms with van der Waals surface area (Å²) in [7, 11) is 0. The highest BCUT2D eigenvalue weighted by atomic mass is 16.2. The van der Waals surface area contributed by atoms with Crippen LogP contribution in [0.15, 0.2) is 24.3 Å². The van der Waals surface area contributed by atoms with E-state index in [0.717, 1.165) is 24.9 Å². The minimum atomic E-state index is -0.0965. The molecule has 0 radical (unpaired) electrons. The highest BCUT2D eigenvalue weighted by molar-refractivity contribution is 5.76. The van der Waals surface area contributed by atoms with Gasteiger partial charge in [-0.1, -0.05) is 43.7 Å². The Balaban J connectivity index is 2.01. The predicted octanol–water partition coefficient (Wildman–Crippen LogP) is 3.03. The van der Waals surface area contributed by atoms with Gasteiger partial charge in [0.1, 0.15) is 0 Å². The summed E-state index contributed by atoms with van der Waals surface area (Å²) < 4.78 is 0. The van der Waals surface area contributed by atoms with Gasteiger partial charge in [-0.25, -0.2) is 0 Å². The Morgan fingerprint density at radius 2 is 1.90 bits per heavy atom. The zero-order valence-electron chi connectivity index (χ0n) is 12.9. The van der Waals surface area contributed by atoms with Crippen LogP contribution in [0.25, 0.3) is 0 Å². The SMILES string of the molecule is Cc1ccc(C(N)CN2CCC(C)(C)CCC2=O)cc1. The molecule has 3 nitrogen and oxygen atoms in total. The molecule has 1 aromatic rings. The summed E-state index contributed by atoms with van der Waals surface area (Å²) in [6.07, 6.45) is 2.68. The molecule has 1 fully saturated rings. The number of likely N-dealkylation sites (tertiary alicyclic amines) is 1. The molecule has 0 bridgehead atoms. The number of hydrogen-bond acceptors (Lipinski definition) is 2. The molecule has 1 aromatic carbocycles. The van der Waals surface area contributed by atoms with E-state index in [1.54, 1.807) is 0 Å². The highest BCUT2D eigenvalue weighted by Gasteiger charge is 2.28. The topological polar surface area (TPSA) is 46.3 Å². The van der Waals surface area contributed by atoms with Gasteiger partial charge in [0.05, 0.1) is 0 Å². The van der Waals surface area contributed by atoms with Crippen molar-refractivity contribution in [3.05, 3.63) is 35.4 Å². The molecule has 2 N–H and O–H groups in total. The molecule has 1 unspecified atom stereocenters. The Morgan fingerprint density at radius 3 is 2.55 bits per heavy atom. The summed E-state index contributed by atoms with van der Waals surface area (Å²) in [6, 6.07) is 8.17. The van der Waals surface area contributed by atoms with E-state index in [9.17, 15) is 4.79 Å². The smallest absolute Gasteiger partial charge is 0.222 e. The summed E-state index contributed by atoms with van der Waals surface area (Å²) in [5, 5.41) is 0. The fourth-order valence-electron chi connectivity index (χ4n) is 2.64. The number of aryl methyl sites for hydroxylation is 1. The molecule has 1 aliphatic heterocycles. The number of rotatable bonds is 3. The quantitative estimate of drug-likeness (QED) is 0.921. The molecule has 0 aromatic heterocycles. The van der Waals surface area contributed by atoms with Crippen LogP contribution in [0, 0.1) is 12.3 Å². The highest BCUT2D eigenvalue weighted by Crippen LogP contribution is 2.30. The van der Waals surface area contributed by atoms with E-state index in [0.29, 0.717) is 13.0 Å². The maximum Gasteiger partial charge on any atom is 0.222 e. The lowest BCUT2D eigenvalue weighted by molar-refractivity contribution is -0.131. The third kappa shape index (κ3) is 3.83. The Bertz CT molecular complexity index is 464. The van der Waals surface area contributed by atoms with Crippen molar-refractivity contribution < 1.29 is 4.79 Å². The average Bonchev–Trinajstić information content (AvgIpc) is 2.52. The third-order valence-corrected chi connectivity index (χ3v) is 4.35. The predicted molar refractivity (Wildman–Crippen MR) is 82.3 cm³/mol. The largest absolute Gasteiger partial charge is 0.341 e. The fourth-order valence-corrected chi connectivity index (χ4v) is 2.64. The van der Waals surface area contributed by atoms with Crippen molar-refractivity contribution in [3.63, 3.8) is 0 Å². The van der Waals surface area contributed by atoms with Crippen LogP contribution >= 0.6 is 0 Å². The van der Waals surface area contributed by atoms with E-state index >= 15 is 0 Å². The van der Waals surface area contributed by atoms with Crippen LogP contribution in [0.4, 0.5) is 0 Å². The van der Waals surface area contributed by atoms with Crippen LogP contribution in [0.5, 0.6) is 0 Å². The van der Waals surface area contributed by atoms with E-state index in [1.165, 1.54) is 5.56 Å². The Morgan fingerprint density at radius 1 is 1.25 bits per heavy atom. The zero-order chi connectivity index (χ0) is 14.8. The molecule has 1 saturated heterocycles. The summed E-state index contributed by atoms with van der Waals surface area (Å²) in [6.45, 7) is 7.99. The first kappa shape index (κ1) is 15.0. The third-order valence-electron chi connectivity index (χ3n) is 4.35. The maximum atomic E-state index is 12.2. The first-order chi connectivity index (χ1) is 9.37. The van der Waals surface area contributed by atoms with Crippen LogP contribution in [0.3, 0.4) is 0 Å². The fraction of sp³-hybridized carbons (Fsp3) is 0.588. The van der Waals surface area contributed by atoms with E-state index in [2.05, 4.69) is 45.0 Å². The zero-order valence-corrected chi connectivity index (χ0v) is 12.9. The van der Waals surface area contributed by atoms with Crippen LogP contribution in [0.2, 0.25) is 0 Å². The summed E-state index contributed by atoms with van der Waals surface area (Å²) in [4.78, 5) is 14.1. The number of carbonyl (C=O) groups is 1. The first-order valence-corrected chi connectivity index (χ1v) is 7.47. The van der Waals surface area contributed by atoms with Gasteiger partial charge in [-0.05, 0) is 30.7 Å². The molecule has 0 saturated carbocycles. The normalized spacial score (nSPS) is 20.6. The van der Waals surface area contributed by atoms with Gasteiger partial charge >= 0.3 is 0 Å². The molecular formula is C17H26N2O. The van der Waals surface area contributed by atoms with E-state index < -0.39 is 0 Å². The molecule has 1 atom stereocenters. The van der Waals surface area contributed by atoms with Gasteiger partial charge in [0, 0.05) is 25.6 Å². The van der Waals surface area contributed by atoms with Gasteiger partial charge < -0.3 is 10.6 Å². The van der Waals surface area contributed by atoms with E-state index in [4.69, 9.17) is 5.73 Å². The Kier molecular flexibility index (Phi) is 4.48. The van der Waals surface area contributed by atoms with Gasteiger partial charge in [-0.2, -0.15) is 0 Å². The molecule has 3 heteroatoms. The standard InChI is InChI=1S/C17H26N2O/c1-13-4-6-14(7-5-13)15(18)12-19-11-10-17(2,3)9-8-16(19)20/h4-7,15H,8-12,18H2,1-3H3. The second-order valence-electron chi connectivity index (χ2n) is 6.77. The minimum absolute atomic E-state index is 0.0965. The van der Waals surface area contributed by atoms with Gasteiger partial charge in [-0.15, -0.1) is 0 Å². The van der Waals surface area contributed by atoms with Crippen molar-refractivity contribution in [2.24, 2.45) is 11.1 Å². The lowest BCUT2D eigenvalue weighted by Gasteiger charge is -2.26. The monoisotopic (exact) mass is 274 g/mol. The second-order valence-corrected chi connectivity index (χ2v) is 6.77. The first-order valence-electron chi connectivity index (χ1n) is 7.47. The van der Waals surface area contributed by atoms with E-state index in [1.807, 2.05) is 4.90 Å². The molecule has 1 heterocycles. The van der Waals surface area contributed by atoms with Crippen molar-refractivity contribution in [2.45, 2.75) is 46.1 Å². The second kappa shape index (κ2) is 5.96. The molecule has 20 heavy (non-hydrogen) atoms. The van der Waals surface area contributed by atoms with Gasteiger partial charge in [0.2, 0.25) is 5.91 Å². The van der Waals surface area contributed by atoms with Crippen LogP contribution < -0.4 is 5.73 Å². The lowest BCUT2D eigenvalue weighted by atomic mass is 9.85. The van der Waals surface area contributed by atoms with Crippen molar-refractivity contribution in [1.29, 1.82) is 0 Å². The van der Waals surface area contributed by atoms with Crippen molar-refractivity contribution in [1.82, 2.24) is 4.90 Å². The Labute approximate surface area is 122 Å². The van der Waals surface area contributed by atoms with E-state index in [-0.39, 0.29) is 17.4 Å². The number of benzene rings is 1. The van der Waals surface area contributed by atoms with Crippen molar-refractivity contribution in [3.8, 4) is 0 Å². The molecule has 110 valence electrons. The molecule has 1 aliphatic rings. The Hall–Kier alpha value is -1.35. The molecule has 0 aliphatic carbocycles. The summed E-state index contributed by atoms with van der Waals surface area (Å²) in [5.74, 6) is 0.248. The molecule has 0 spiro atoms. The van der Waals surface area contributed by atoms with Crippen LogP contribution in [-0.4, -0.2) is 23.9 Å². The van der Waals surface area contributed by atoms with Crippen LogP contribution in [0.1, 0.15) is 50.3 Å². The van der Waals surface area contributed by atoms with Gasteiger partial charge in [0.15, 0.2) is 0 Å². The molecular weight excluding hydrogens is 248 g/mol. The van der Waals surface area contributed by atoms with Gasteiger partial charge in [0.25, 0.3) is 0 Å². The number of hydrogen-bond donors (Lipinski definition) is 1. The number of nitrogens with two attached hydrogens (primary N) is 1. The van der Waals surface area contributed by atoms with Crippen molar-refractivity contribution >= 4 is 5.91 Å². The maximum absolute atomic E-state index is 12.2. The van der Waals surface area contributed by atoms with Crippen molar-refractivity contribution in [2.75, 3.05) is 13.1 Å². The average molecular weight is 274 g/mol. The molecule has 2 rings (SSSR count). The van der Waals surface area contributed by atoms with Crippen LogP contribution in [-0.2, 0) is 4.79 Å². The summed E-state index contributed by atoms with van der Waals surface area (Å²) in [5.41, 5.74) is 8.86. The molecule has 1 amide bonds. The lowest BCUT2D eigenvalue weighted by Crippen LogP contribution is -2.37. The number of amides is 1. The number of nitrogens with zero attached hydrogens (tertiary/aromatic N) is 1. The van der Waals surface area contributed by atoms with Gasteiger partial charge in [-0.3, -0.25) is 4.79 Å². The number of carbonyl (C=O) groups excluding carboxylic acids is 1. The minimum Gasteiger partial charge on any atom is -0.341 e. The summed E-state index contributed by atoms with van der Waals surface area (Å²) >= 11 is 0.